The predicted octanol–water partition coefficient (Wildman–Crippen LogP) is 2.91. The van der Waals surface area contributed by atoms with Gasteiger partial charge in [-0.1, -0.05) is 6.42 Å². The molecule has 3 rings (SSSR count). The number of likely N-dealkylation sites (tertiary alicyclic amines) is 1. The molecule has 1 N–H and O–H groups in total. The van der Waals surface area contributed by atoms with Crippen LogP contribution in [-0.2, 0) is 6.54 Å². The molecule has 3 heterocycles. The molecule has 0 radical (unpaired) electrons. The first-order chi connectivity index (χ1) is 9.84. The van der Waals surface area contributed by atoms with Crippen LogP contribution in [0.1, 0.15) is 19.3 Å². The Bertz CT molecular complexity index is 603. The Morgan fingerprint density at radius 1 is 1.19 bits per heavy atom. The number of hydrogen-bond donors (Lipinski definition) is 1. The zero-order valence-electron chi connectivity index (χ0n) is 11.9. The minimum Gasteiger partial charge on any atom is -0.302 e. The molecule has 0 amide bonds. The van der Waals surface area contributed by atoms with Gasteiger partial charge in [-0.2, -0.15) is 5.10 Å². The molecular formula is C14H20ClN5S. The minimum absolute atomic E-state index is 0. The number of hydrogen-bond acceptors (Lipinski definition) is 4. The van der Waals surface area contributed by atoms with Crippen LogP contribution in [0.5, 0.6) is 0 Å². The standard InChI is InChI=1S/C14H19N5S.ClH/c20-14-17-16-13(12-5-4-6-15-11-12)19(14)10-9-18-7-2-1-3-8-18;/h4-6,11H,1-3,7-10H2,(H,17,20);1H. The van der Waals surface area contributed by atoms with Gasteiger partial charge in [0, 0.05) is 31.0 Å². The molecule has 1 fully saturated rings. The number of piperidine rings is 1. The summed E-state index contributed by atoms with van der Waals surface area (Å²) in [5.41, 5.74) is 0.999. The fourth-order valence-corrected chi connectivity index (χ4v) is 2.89. The van der Waals surface area contributed by atoms with Gasteiger partial charge in [0.15, 0.2) is 10.6 Å². The zero-order valence-corrected chi connectivity index (χ0v) is 13.5. The molecule has 21 heavy (non-hydrogen) atoms. The molecule has 5 nitrogen and oxygen atoms in total. The largest absolute Gasteiger partial charge is 0.302 e. The van der Waals surface area contributed by atoms with Crippen molar-refractivity contribution in [2.75, 3.05) is 19.6 Å². The van der Waals surface area contributed by atoms with E-state index in [1.165, 1.54) is 32.4 Å². The summed E-state index contributed by atoms with van der Waals surface area (Å²) >= 11 is 5.35. The maximum absolute atomic E-state index is 5.35. The van der Waals surface area contributed by atoms with E-state index < -0.39 is 0 Å². The lowest BCUT2D eigenvalue weighted by atomic mass is 10.1. The summed E-state index contributed by atoms with van der Waals surface area (Å²) < 4.78 is 2.75. The lowest BCUT2D eigenvalue weighted by Gasteiger charge is -2.26. The molecule has 0 atom stereocenters. The fourth-order valence-electron chi connectivity index (χ4n) is 2.66. The van der Waals surface area contributed by atoms with Gasteiger partial charge in [-0.05, 0) is 50.3 Å². The first kappa shape index (κ1) is 16.1. The van der Waals surface area contributed by atoms with Gasteiger partial charge < -0.3 is 4.90 Å². The second-order valence-electron chi connectivity index (χ2n) is 5.15. The summed E-state index contributed by atoms with van der Waals surface area (Å²) in [7, 11) is 0. The van der Waals surface area contributed by atoms with Crippen LogP contribution in [0.3, 0.4) is 0 Å². The van der Waals surface area contributed by atoms with Gasteiger partial charge in [0.2, 0.25) is 0 Å². The van der Waals surface area contributed by atoms with E-state index in [1.807, 2.05) is 18.3 Å². The lowest BCUT2D eigenvalue weighted by Crippen LogP contribution is -2.32. The minimum atomic E-state index is 0. The smallest absolute Gasteiger partial charge is 0.195 e. The summed E-state index contributed by atoms with van der Waals surface area (Å²) in [5, 5.41) is 7.23. The van der Waals surface area contributed by atoms with E-state index in [-0.39, 0.29) is 12.4 Å². The van der Waals surface area contributed by atoms with E-state index in [2.05, 4.69) is 24.6 Å². The van der Waals surface area contributed by atoms with Gasteiger partial charge in [0.1, 0.15) is 0 Å². The normalized spacial score (nSPS) is 15.6. The van der Waals surface area contributed by atoms with E-state index in [9.17, 15) is 0 Å². The van der Waals surface area contributed by atoms with Crippen LogP contribution in [0.25, 0.3) is 11.4 Å². The maximum Gasteiger partial charge on any atom is 0.195 e. The Balaban J connectivity index is 0.00000161. The van der Waals surface area contributed by atoms with Crippen LogP contribution in [0.4, 0.5) is 0 Å². The molecule has 0 unspecified atom stereocenters. The third-order valence-electron chi connectivity index (χ3n) is 3.77. The number of pyridine rings is 1. The topological polar surface area (TPSA) is 49.7 Å². The van der Waals surface area contributed by atoms with Crippen molar-refractivity contribution in [3.63, 3.8) is 0 Å². The summed E-state index contributed by atoms with van der Waals surface area (Å²) in [6.45, 7) is 4.31. The Kier molecular flexibility index (Phi) is 5.90. The first-order valence-electron chi connectivity index (χ1n) is 7.12. The van der Waals surface area contributed by atoms with Crippen LogP contribution < -0.4 is 0 Å². The van der Waals surface area contributed by atoms with Gasteiger partial charge in [0.25, 0.3) is 0 Å². The van der Waals surface area contributed by atoms with E-state index in [4.69, 9.17) is 12.2 Å². The molecule has 0 aromatic carbocycles. The van der Waals surface area contributed by atoms with Crippen molar-refractivity contribution >= 4 is 24.6 Å². The van der Waals surface area contributed by atoms with Crippen molar-refractivity contribution in [3.8, 4) is 11.4 Å². The molecule has 2 aromatic rings. The molecule has 0 bridgehead atoms. The quantitative estimate of drug-likeness (QED) is 0.878. The number of nitrogens with zero attached hydrogens (tertiary/aromatic N) is 4. The Labute approximate surface area is 135 Å². The summed E-state index contributed by atoms with van der Waals surface area (Å²) in [5.74, 6) is 0.875. The van der Waals surface area contributed by atoms with Gasteiger partial charge in [-0.25, -0.2) is 0 Å². The number of aromatic amines is 1. The Morgan fingerprint density at radius 2 is 2.00 bits per heavy atom. The third-order valence-corrected chi connectivity index (χ3v) is 4.08. The highest BCUT2D eigenvalue weighted by molar-refractivity contribution is 7.71. The third kappa shape index (κ3) is 3.90. The van der Waals surface area contributed by atoms with E-state index in [0.717, 1.165) is 24.5 Å². The molecule has 114 valence electrons. The van der Waals surface area contributed by atoms with Crippen molar-refractivity contribution < 1.29 is 0 Å². The molecule has 1 aliphatic heterocycles. The second-order valence-corrected chi connectivity index (χ2v) is 5.53. The average molecular weight is 326 g/mol. The molecule has 0 aliphatic carbocycles. The number of H-pyrrole nitrogens is 1. The average Bonchev–Trinajstić information content (AvgIpc) is 2.88. The highest BCUT2D eigenvalue weighted by Crippen LogP contribution is 2.16. The monoisotopic (exact) mass is 325 g/mol. The second kappa shape index (κ2) is 7.68. The molecule has 0 saturated carbocycles. The molecule has 2 aromatic heterocycles. The highest BCUT2D eigenvalue weighted by Gasteiger charge is 2.13. The van der Waals surface area contributed by atoms with Gasteiger partial charge in [0.05, 0.1) is 0 Å². The molecular weight excluding hydrogens is 306 g/mol. The van der Waals surface area contributed by atoms with Crippen LogP contribution in [0.2, 0.25) is 0 Å². The first-order valence-corrected chi connectivity index (χ1v) is 7.53. The van der Waals surface area contributed by atoms with Crippen molar-refractivity contribution in [2.45, 2.75) is 25.8 Å². The predicted molar refractivity (Wildman–Crippen MR) is 88.2 cm³/mol. The molecule has 7 heteroatoms. The van der Waals surface area contributed by atoms with E-state index in [0.29, 0.717) is 4.77 Å². The van der Waals surface area contributed by atoms with Crippen LogP contribution >= 0.6 is 24.6 Å². The van der Waals surface area contributed by atoms with Crippen LogP contribution in [0, 0.1) is 4.77 Å². The van der Waals surface area contributed by atoms with Crippen molar-refractivity contribution in [1.29, 1.82) is 0 Å². The van der Waals surface area contributed by atoms with Crippen LogP contribution in [-0.4, -0.2) is 44.3 Å². The van der Waals surface area contributed by atoms with Crippen molar-refractivity contribution in [3.05, 3.63) is 29.3 Å². The van der Waals surface area contributed by atoms with E-state index in [1.54, 1.807) is 6.20 Å². The van der Waals surface area contributed by atoms with Gasteiger partial charge in [-0.3, -0.25) is 14.6 Å². The van der Waals surface area contributed by atoms with Crippen molar-refractivity contribution in [2.24, 2.45) is 0 Å². The molecule has 0 spiro atoms. The fraction of sp³-hybridized carbons (Fsp3) is 0.500. The number of halogens is 1. The molecule has 1 aliphatic rings. The number of rotatable bonds is 4. The Hall–Kier alpha value is -1.24. The Morgan fingerprint density at radius 3 is 2.71 bits per heavy atom. The maximum atomic E-state index is 5.35. The SMILES string of the molecule is Cl.S=c1[nH]nc(-c2cccnc2)n1CCN1CCCCC1. The van der Waals surface area contributed by atoms with E-state index >= 15 is 0 Å². The van der Waals surface area contributed by atoms with Gasteiger partial charge >= 0.3 is 0 Å². The lowest BCUT2D eigenvalue weighted by molar-refractivity contribution is 0.221. The number of aromatic nitrogens is 4. The number of nitrogens with one attached hydrogen (secondary N) is 1. The molecule has 1 saturated heterocycles. The highest BCUT2D eigenvalue weighted by atomic mass is 35.5. The summed E-state index contributed by atoms with van der Waals surface area (Å²) in [6.07, 6.45) is 7.58. The zero-order chi connectivity index (χ0) is 13.8. The summed E-state index contributed by atoms with van der Waals surface area (Å²) in [4.78, 5) is 6.66. The van der Waals surface area contributed by atoms with Gasteiger partial charge in [-0.15, -0.1) is 12.4 Å². The van der Waals surface area contributed by atoms with Crippen molar-refractivity contribution in [1.82, 2.24) is 24.6 Å². The van der Waals surface area contributed by atoms with Crippen LogP contribution in [0.15, 0.2) is 24.5 Å². The summed E-state index contributed by atoms with van der Waals surface area (Å²) in [6, 6.07) is 3.93.